The van der Waals surface area contributed by atoms with Gasteiger partial charge in [-0.1, -0.05) is 32.0 Å². The van der Waals surface area contributed by atoms with Gasteiger partial charge in [0, 0.05) is 18.8 Å². The maximum Gasteiger partial charge on any atom is 0.250 e. The smallest absolute Gasteiger partial charge is 0.250 e. The van der Waals surface area contributed by atoms with Crippen LogP contribution in [0.15, 0.2) is 59.7 Å². The van der Waals surface area contributed by atoms with Crippen molar-refractivity contribution in [2.45, 2.75) is 13.8 Å². The monoisotopic (exact) mass is 447 g/mol. The van der Waals surface area contributed by atoms with E-state index in [0.717, 1.165) is 30.1 Å². The molecule has 1 aliphatic heterocycles. The first-order chi connectivity index (χ1) is 16.2. The summed E-state index contributed by atoms with van der Waals surface area (Å²) in [6.07, 6.45) is 1.72. The van der Waals surface area contributed by atoms with E-state index in [2.05, 4.69) is 49.5 Å². The summed E-state index contributed by atoms with van der Waals surface area (Å²) in [6.45, 7) is 7.68. The van der Waals surface area contributed by atoms with Gasteiger partial charge in [0.05, 0.1) is 26.0 Å². The number of benzene rings is 2. The minimum Gasteiger partial charge on any atom is -0.493 e. The highest BCUT2D eigenvalue weighted by atomic mass is 16.5. The van der Waals surface area contributed by atoms with Crippen LogP contribution in [0.2, 0.25) is 0 Å². The molecule has 9 nitrogen and oxygen atoms in total. The molecular weight excluding hydrogens is 418 g/mol. The minimum absolute atomic E-state index is 0.359. The Morgan fingerprint density at radius 1 is 1.00 bits per heavy atom. The second-order valence-electron chi connectivity index (χ2n) is 8.02. The highest BCUT2D eigenvalue weighted by Gasteiger charge is 2.16. The first-order valence-corrected chi connectivity index (χ1v) is 11.1. The Labute approximate surface area is 193 Å². The molecule has 4 rings (SSSR count). The summed E-state index contributed by atoms with van der Waals surface area (Å²) in [4.78, 5) is 15.7. The van der Waals surface area contributed by atoms with Crippen molar-refractivity contribution in [1.82, 2.24) is 15.0 Å². The number of morpholine rings is 1. The Bertz CT molecular complexity index is 1040. The molecule has 0 unspecified atom stereocenters. The van der Waals surface area contributed by atoms with Crippen LogP contribution in [0, 0.1) is 5.92 Å². The molecule has 1 aromatic heterocycles. The number of hydrogen-bond acceptors (Lipinski definition) is 9. The van der Waals surface area contributed by atoms with Crippen LogP contribution >= 0.6 is 0 Å². The number of nitrogens with one attached hydrogen (secondary N) is 2. The lowest BCUT2D eigenvalue weighted by atomic mass is 10.2. The number of hydrazone groups is 1. The number of ether oxygens (including phenoxy) is 2. The first-order valence-electron chi connectivity index (χ1n) is 11.1. The molecule has 9 heteroatoms. The van der Waals surface area contributed by atoms with E-state index < -0.39 is 0 Å². The van der Waals surface area contributed by atoms with E-state index in [1.165, 1.54) is 0 Å². The maximum absolute atomic E-state index is 5.72. The highest BCUT2D eigenvalue weighted by molar-refractivity contribution is 5.80. The summed E-state index contributed by atoms with van der Waals surface area (Å²) in [5, 5.41) is 7.54. The number of anilines is 4. The standard InChI is InChI=1S/C24H29N7O2/c1-18(2)17-33-21-10-8-19(9-11-21)16-25-30-23-27-22(26-20-6-4-3-5-7-20)28-24(29-23)31-12-14-32-15-13-31/h3-11,16,18H,12-15,17H2,1-2H3,(H2,26,27,28,29,30)/b25-16-. The lowest BCUT2D eigenvalue weighted by Crippen LogP contribution is -2.37. The van der Waals surface area contributed by atoms with Crippen molar-refractivity contribution in [2.75, 3.05) is 48.6 Å². The minimum atomic E-state index is 0.359. The van der Waals surface area contributed by atoms with E-state index in [-0.39, 0.29) is 0 Å². The molecule has 3 aromatic rings. The number of aromatic nitrogens is 3. The molecule has 0 amide bonds. The zero-order chi connectivity index (χ0) is 22.9. The van der Waals surface area contributed by atoms with Gasteiger partial charge in [-0.3, -0.25) is 0 Å². The van der Waals surface area contributed by atoms with E-state index in [1.54, 1.807) is 6.21 Å². The molecule has 33 heavy (non-hydrogen) atoms. The second-order valence-corrected chi connectivity index (χ2v) is 8.02. The summed E-state index contributed by atoms with van der Waals surface area (Å²) < 4.78 is 11.2. The molecule has 1 fully saturated rings. The lowest BCUT2D eigenvalue weighted by molar-refractivity contribution is 0.122. The lowest BCUT2D eigenvalue weighted by Gasteiger charge is -2.27. The molecule has 0 atom stereocenters. The molecule has 1 saturated heterocycles. The van der Waals surface area contributed by atoms with Gasteiger partial charge in [-0.05, 0) is 47.9 Å². The Kier molecular flexibility index (Phi) is 7.65. The molecule has 2 aromatic carbocycles. The van der Waals surface area contributed by atoms with Gasteiger partial charge in [-0.2, -0.15) is 20.1 Å². The van der Waals surface area contributed by atoms with Gasteiger partial charge in [0.1, 0.15) is 5.75 Å². The fraction of sp³-hybridized carbons (Fsp3) is 0.333. The van der Waals surface area contributed by atoms with Gasteiger partial charge < -0.3 is 19.7 Å². The molecule has 0 radical (unpaired) electrons. The average Bonchev–Trinajstić information content (AvgIpc) is 2.84. The van der Waals surface area contributed by atoms with Crippen molar-refractivity contribution in [3.05, 3.63) is 60.2 Å². The Hall–Kier alpha value is -3.72. The summed E-state index contributed by atoms with van der Waals surface area (Å²) in [5.41, 5.74) is 4.76. The molecule has 0 spiro atoms. The molecule has 0 bridgehead atoms. The fourth-order valence-corrected chi connectivity index (χ4v) is 3.10. The Morgan fingerprint density at radius 3 is 2.45 bits per heavy atom. The van der Waals surface area contributed by atoms with E-state index >= 15 is 0 Å². The van der Waals surface area contributed by atoms with E-state index in [4.69, 9.17) is 9.47 Å². The van der Waals surface area contributed by atoms with Crippen LogP contribution < -0.4 is 20.4 Å². The quantitative estimate of drug-likeness (QED) is 0.376. The Morgan fingerprint density at radius 2 is 1.73 bits per heavy atom. The fourth-order valence-electron chi connectivity index (χ4n) is 3.10. The van der Waals surface area contributed by atoms with Gasteiger partial charge in [0.25, 0.3) is 0 Å². The zero-order valence-corrected chi connectivity index (χ0v) is 18.9. The molecule has 0 aliphatic carbocycles. The van der Waals surface area contributed by atoms with Crippen molar-refractivity contribution in [2.24, 2.45) is 11.0 Å². The average molecular weight is 448 g/mol. The van der Waals surface area contributed by atoms with Crippen LogP contribution in [-0.4, -0.2) is 54.1 Å². The predicted molar refractivity (Wildman–Crippen MR) is 131 cm³/mol. The van der Waals surface area contributed by atoms with Crippen LogP contribution in [0.3, 0.4) is 0 Å². The van der Waals surface area contributed by atoms with Gasteiger partial charge in [-0.25, -0.2) is 5.43 Å². The van der Waals surface area contributed by atoms with E-state index in [9.17, 15) is 0 Å². The molecule has 2 heterocycles. The second kappa shape index (κ2) is 11.2. The zero-order valence-electron chi connectivity index (χ0n) is 18.9. The summed E-state index contributed by atoms with van der Waals surface area (Å²) >= 11 is 0. The van der Waals surface area contributed by atoms with Crippen molar-refractivity contribution in [3.8, 4) is 5.75 Å². The Balaban J connectivity index is 1.46. The number of para-hydroxylation sites is 1. The normalized spacial score (nSPS) is 14.0. The van der Waals surface area contributed by atoms with Gasteiger partial charge in [0.2, 0.25) is 17.8 Å². The molecule has 1 aliphatic rings. The van der Waals surface area contributed by atoms with Gasteiger partial charge >= 0.3 is 0 Å². The first kappa shape index (κ1) is 22.5. The third kappa shape index (κ3) is 6.88. The summed E-state index contributed by atoms with van der Waals surface area (Å²) in [5.74, 6) is 2.72. The molecule has 2 N–H and O–H groups in total. The van der Waals surface area contributed by atoms with Crippen LogP contribution in [0.1, 0.15) is 19.4 Å². The molecule has 0 saturated carbocycles. The van der Waals surface area contributed by atoms with E-state index in [0.29, 0.717) is 43.6 Å². The van der Waals surface area contributed by atoms with Gasteiger partial charge in [-0.15, -0.1) is 0 Å². The van der Waals surface area contributed by atoms with Crippen LogP contribution in [-0.2, 0) is 4.74 Å². The van der Waals surface area contributed by atoms with Crippen molar-refractivity contribution in [1.29, 1.82) is 0 Å². The van der Waals surface area contributed by atoms with Crippen molar-refractivity contribution < 1.29 is 9.47 Å². The van der Waals surface area contributed by atoms with Crippen molar-refractivity contribution in [3.63, 3.8) is 0 Å². The summed E-state index contributed by atoms with van der Waals surface area (Å²) in [7, 11) is 0. The summed E-state index contributed by atoms with van der Waals surface area (Å²) in [6, 6.07) is 17.6. The number of nitrogens with zero attached hydrogens (tertiary/aromatic N) is 5. The largest absolute Gasteiger partial charge is 0.493 e. The van der Waals surface area contributed by atoms with Crippen LogP contribution in [0.25, 0.3) is 0 Å². The molecule has 172 valence electrons. The number of rotatable bonds is 9. The number of hydrogen-bond donors (Lipinski definition) is 2. The topological polar surface area (TPSA) is 96.8 Å². The highest BCUT2D eigenvalue weighted by Crippen LogP contribution is 2.18. The predicted octanol–water partition coefficient (Wildman–Crippen LogP) is 3.93. The van der Waals surface area contributed by atoms with Crippen molar-refractivity contribution >= 4 is 29.7 Å². The maximum atomic E-state index is 5.72. The van der Waals surface area contributed by atoms with Crippen LogP contribution in [0.5, 0.6) is 5.75 Å². The third-order valence-electron chi connectivity index (χ3n) is 4.79. The van der Waals surface area contributed by atoms with Crippen LogP contribution in [0.4, 0.5) is 23.5 Å². The SMILES string of the molecule is CC(C)COc1ccc(/C=N\Nc2nc(Nc3ccccc3)nc(N3CCOCC3)n2)cc1. The van der Waals surface area contributed by atoms with Gasteiger partial charge in [0.15, 0.2) is 0 Å². The molecular formula is C24H29N7O2. The third-order valence-corrected chi connectivity index (χ3v) is 4.79. The van der Waals surface area contributed by atoms with E-state index in [1.807, 2.05) is 54.6 Å².